The number of aliphatic carboxylic acids is 1. The zero-order valence-electron chi connectivity index (χ0n) is 25.0. The number of anilines is 1. The number of fused-ring (bicyclic) bond motifs is 1. The minimum Gasteiger partial charge on any atom is -0.481 e. The van der Waals surface area contributed by atoms with Crippen LogP contribution in [0.5, 0.6) is 0 Å². The Morgan fingerprint density at radius 1 is 0.837 bits per heavy atom. The van der Waals surface area contributed by atoms with Gasteiger partial charge in [-0.25, -0.2) is 4.98 Å². The van der Waals surface area contributed by atoms with Crippen LogP contribution in [0, 0.1) is 6.92 Å². The summed E-state index contributed by atoms with van der Waals surface area (Å²) in [7, 11) is 0. The van der Waals surface area contributed by atoms with E-state index in [0.29, 0.717) is 30.9 Å². The van der Waals surface area contributed by atoms with Crippen molar-refractivity contribution in [3.05, 3.63) is 95.7 Å². The Bertz CT molecular complexity index is 1570. The van der Waals surface area contributed by atoms with Crippen LogP contribution < -0.4 is 16.0 Å². The summed E-state index contributed by atoms with van der Waals surface area (Å²) in [5.74, 6) is -0.482. The Morgan fingerprint density at radius 2 is 1.58 bits per heavy atom. The van der Waals surface area contributed by atoms with Crippen molar-refractivity contribution in [2.45, 2.75) is 58.4 Å². The van der Waals surface area contributed by atoms with Crippen molar-refractivity contribution in [1.82, 2.24) is 15.6 Å². The number of rotatable bonds is 14. The van der Waals surface area contributed by atoms with Crippen LogP contribution in [0.4, 0.5) is 5.82 Å². The van der Waals surface area contributed by atoms with Crippen molar-refractivity contribution in [2.75, 3.05) is 18.4 Å². The zero-order valence-corrected chi connectivity index (χ0v) is 25.0. The van der Waals surface area contributed by atoms with Gasteiger partial charge in [0.1, 0.15) is 5.82 Å². The number of carbonyl (C=O) groups is 3. The molecule has 0 aliphatic heterocycles. The van der Waals surface area contributed by atoms with Gasteiger partial charge in [0.25, 0.3) is 0 Å². The van der Waals surface area contributed by atoms with Gasteiger partial charge in [0, 0.05) is 18.7 Å². The maximum atomic E-state index is 12.7. The summed E-state index contributed by atoms with van der Waals surface area (Å²) in [6.07, 6.45) is 1.47. The number of amides is 2. The van der Waals surface area contributed by atoms with Crippen molar-refractivity contribution in [3.8, 4) is 11.1 Å². The van der Waals surface area contributed by atoms with Gasteiger partial charge in [-0.1, -0.05) is 80.6 Å². The molecule has 0 spiro atoms. The Labute approximate surface area is 252 Å². The van der Waals surface area contributed by atoms with Gasteiger partial charge >= 0.3 is 5.97 Å². The fraction of sp³-hybridized carbons (Fsp3) is 0.314. The van der Waals surface area contributed by atoms with E-state index >= 15 is 0 Å². The van der Waals surface area contributed by atoms with Gasteiger partial charge in [-0.05, 0) is 70.8 Å². The van der Waals surface area contributed by atoms with Crippen molar-refractivity contribution in [3.63, 3.8) is 0 Å². The first kappa shape index (κ1) is 31.2. The molecule has 0 aliphatic rings. The number of carboxylic acids is 1. The number of carbonyl (C=O) groups excluding carboxylic acids is 2. The van der Waals surface area contributed by atoms with E-state index in [9.17, 15) is 19.5 Å². The Morgan fingerprint density at radius 3 is 2.28 bits per heavy atom. The molecule has 4 rings (SSSR count). The number of nitrogens with zero attached hydrogens (tertiary/aromatic N) is 1. The predicted molar refractivity (Wildman–Crippen MR) is 171 cm³/mol. The quantitative estimate of drug-likeness (QED) is 0.129. The van der Waals surface area contributed by atoms with Gasteiger partial charge < -0.3 is 21.1 Å². The fourth-order valence-corrected chi connectivity index (χ4v) is 5.18. The van der Waals surface area contributed by atoms with E-state index in [4.69, 9.17) is 0 Å². The number of pyridine rings is 1. The lowest BCUT2D eigenvalue weighted by atomic mass is 9.90. The molecule has 3 aromatic carbocycles. The van der Waals surface area contributed by atoms with Crippen molar-refractivity contribution < 1.29 is 19.5 Å². The fourth-order valence-electron chi connectivity index (χ4n) is 5.18. The highest BCUT2D eigenvalue weighted by molar-refractivity contribution is 5.98. The van der Waals surface area contributed by atoms with Gasteiger partial charge in [0.15, 0.2) is 0 Å². The number of hydrogen-bond donors (Lipinski definition) is 4. The second kappa shape index (κ2) is 15.0. The molecule has 0 aliphatic carbocycles. The van der Waals surface area contributed by atoms with Crippen LogP contribution in [-0.4, -0.2) is 41.0 Å². The Kier molecular flexibility index (Phi) is 10.9. The maximum absolute atomic E-state index is 12.7. The van der Waals surface area contributed by atoms with Gasteiger partial charge in [0.05, 0.1) is 19.0 Å². The number of hydrogen-bond acceptors (Lipinski definition) is 5. The summed E-state index contributed by atoms with van der Waals surface area (Å²) < 4.78 is 0. The van der Waals surface area contributed by atoms with Gasteiger partial charge in [-0.2, -0.15) is 0 Å². The van der Waals surface area contributed by atoms with E-state index in [-0.39, 0.29) is 18.9 Å². The molecule has 8 heteroatoms. The maximum Gasteiger partial charge on any atom is 0.305 e. The third-order valence-corrected chi connectivity index (χ3v) is 7.39. The lowest BCUT2D eigenvalue weighted by Gasteiger charge is -2.19. The van der Waals surface area contributed by atoms with E-state index in [2.05, 4.69) is 59.0 Å². The lowest BCUT2D eigenvalue weighted by Crippen LogP contribution is -2.39. The second-order valence-corrected chi connectivity index (χ2v) is 11.1. The molecule has 2 amide bonds. The summed E-state index contributed by atoms with van der Waals surface area (Å²) in [5, 5.41) is 20.5. The first-order valence-corrected chi connectivity index (χ1v) is 14.8. The average Bonchev–Trinajstić information content (AvgIpc) is 2.99. The van der Waals surface area contributed by atoms with E-state index in [1.807, 2.05) is 61.5 Å². The molecular weight excluding hydrogens is 540 g/mol. The molecule has 224 valence electrons. The van der Waals surface area contributed by atoms with Gasteiger partial charge in [0.2, 0.25) is 11.8 Å². The largest absolute Gasteiger partial charge is 0.481 e. The van der Waals surface area contributed by atoms with Crippen LogP contribution in [0.15, 0.2) is 78.9 Å². The molecule has 8 nitrogen and oxygen atoms in total. The van der Waals surface area contributed by atoms with Crippen LogP contribution >= 0.6 is 0 Å². The first-order valence-electron chi connectivity index (χ1n) is 14.8. The van der Waals surface area contributed by atoms with Crippen LogP contribution in [0.25, 0.3) is 21.9 Å². The Balaban J connectivity index is 1.31. The number of unbranched alkanes of at least 4 members (excludes halogenated alkanes) is 1. The van der Waals surface area contributed by atoms with Crippen molar-refractivity contribution >= 4 is 34.4 Å². The monoisotopic (exact) mass is 580 g/mol. The zero-order chi connectivity index (χ0) is 30.8. The van der Waals surface area contributed by atoms with Crippen molar-refractivity contribution in [2.24, 2.45) is 0 Å². The minimum atomic E-state index is -1.02. The lowest BCUT2D eigenvalue weighted by molar-refractivity contribution is -0.138. The van der Waals surface area contributed by atoms with Crippen LogP contribution in [-0.2, 0) is 14.4 Å². The van der Waals surface area contributed by atoms with Crippen LogP contribution in [0.3, 0.4) is 0 Å². The molecule has 0 saturated carbocycles. The minimum absolute atomic E-state index is 0.216. The summed E-state index contributed by atoms with van der Waals surface area (Å²) >= 11 is 0. The van der Waals surface area contributed by atoms with E-state index in [1.165, 1.54) is 10.9 Å². The molecule has 4 N–H and O–H groups in total. The van der Waals surface area contributed by atoms with E-state index in [1.54, 1.807) is 0 Å². The second-order valence-electron chi connectivity index (χ2n) is 11.1. The van der Waals surface area contributed by atoms with Crippen LogP contribution in [0.1, 0.15) is 68.3 Å². The average molecular weight is 581 g/mol. The standard InChI is InChI=1S/C35H40N4O4/c1-23(2)27-18-19-28(30-11-5-4-10-29(27)30)25-14-16-26(17-15-25)31(21-35(42)43)39-34(41)22-37-33(40)13-6-7-20-36-32-12-8-9-24(3)38-32/h4-5,8-12,14-19,23,31H,6-7,13,20-22H2,1-3H3,(H,36,38)(H,37,40)(H,39,41)(H,42,43)/t31-/m0/s1. The molecule has 0 radical (unpaired) electrons. The molecular formula is C35H40N4O4. The number of nitrogens with one attached hydrogen (secondary N) is 3. The van der Waals surface area contributed by atoms with Gasteiger partial charge in [-0.15, -0.1) is 0 Å². The van der Waals surface area contributed by atoms with E-state index in [0.717, 1.165) is 34.4 Å². The Hall–Kier alpha value is -4.72. The van der Waals surface area contributed by atoms with Crippen LogP contribution in [0.2, 0.25) is 0 Å². The first-order chi connectivity index (χ1) is 20.7. The summed E-state index contributed by atoms with van der Waals surface area (Å²) in [4.78, 5) is 40.9. The predicted octanol–water partition coefficient (Wildman–Crippen LogP) is 6.36. The van der Waals surface area contributed by atoms with E-state index < -0.39 is 17.9 Å². The molecule has 43 heavy (non-hydrogen) atoms. The number of aromatic nitrogens is 1. The molecule has 1 atom stereocenters. The SMILES string of the molecule is Cc1cccc(NCCCCC(=O)NCC(=O)N[C@@H](CC(=O)O)c2ccc(-c3ccc(C(C)C)c4ccccc34)cc2)n1. The van der Waals surface area contributed by atoms with Gasteiger partial charge in [-0.3, -0.25) is 14.4 Å². The molecule has 0 bridgehead atoms. The summed E-state index contributed by atoms with van der Waals surface area (Å²) in [5.41, 5.74) is 5.01. The highest BCUT2D eigenvalue weighted by atomic mass is 16.4. The molecule has 1 heterocycles. The van der Waals surface area contributed by atoms with Crippen molar-refractivity contribution in [1.29, 1.82) is 0 Å². The molecule has 4 aromatic rings. The molecule has 0 unspecified atom stereocenters. The topological polar surface area (TPSA) is 120 Å². The highest BCUT2D eigenvalue weighted by Gasteiger charge is 2.19. The summed E-state index contributed by atoms with van der Waals surface area (Å²) in [6.45, 7) is 6.78. The molecule has 0 fully saturated rings. The number of aryl methyl sites for hydroxylation is 1. The number of carboxylic acid groups (broad SMARTS) is 1. The smallest absolute Gasteiger partial charge is 0.305 e. The normalized spacial score (nSPS) is 11.7. The molecule has 0 saturated heterocycles. The third-order valence-electron chi connectivity index (χ3n) is 7.39. The third kappa shape index (κ3) is 8.88. The molecule has 1 aromatic heterocycles. The number of benzene rings is 3. The highest BCUT2D eigenvalue weighted by Crippen LogP contribution is 2.34. The summed E-state index contributed by atoms with van der Waals surface area (Å²) in [6, 6.07) is 25.3.